The van der Waals surface area contributed by atoms with Gasteiger partial charge in [-0.25, -0.2) is 4.79 Å². The SMILES string of the molecule is CCOc1ccc(NC(=O)NC(C)CO)c(C)c1. The Labute approximate surface area is 107 Å². The number of benzene rings is 1. The van der Waals surface area contributed by atoms with Crippen LogP contribution in [0.2, 0.25) is 0 Å². The van der Waals surface area contributed by atoms with Crippen molar-refractivity contribution in [3.8, 4) is 5.75 Å². The lowest BCUT2D eigenvalue weighted by Gasteiger charge is -2.14. The molecule has 0 saturated carbocycles. The van der Waals surface area contributed by atoms with Gasteiger partial charge in [0.15, 0.2) is 0 Å². The molecule has 0 bridgehead atoms. The van der Waals surface area contributed by atoms with E-state index in [9.17, 15) is 4.79 Å². The average molecular weight is 252 g/mol. The summed E-state index contributed by atoms with van der Waals surface area (Å²) in [6.07, 6.45) is 0. The number of rotatable bonds is 5. The van der Waals surface area contributed by atoms with Gasteiger partial charge in [0.05, 0.1) is 19.3 Å². The Hall–Kier alpha value is -1.75. The summed E-state index contributed by atoms with van der Waals surface area (Å²) in [7, 11) is 0. The summed E-state index contributed by atoms with van der Waals surface area (Å²) in [5, 5.41) is 14.2. The maximum absolute atomic E-state index is 11.6. The Bertz CT molecular complexity index is 407. The number of urea groups is 1. The van der Waals surface area contributed by atoms with Gasteiger partial charge in [-0.2, -0.15) is 0 Å². The predicted octanol–water partition coefficient (Wildman–Crippen LogP) is 1.90. The zero-order valence-corrected chi connectivity index (χ0v) is 11.0. The molecule has 0 heterocycles. The first-order valence-electron chi connectivity index (χ1n) is 5.98. The first-order valence-corrected chi connectivity index (χ1v) is 5.98. The Morgan fingerprint density at radius 2 is 2.22 bits per heavy atom. The molecule has 0 fully saturated rings. The fourth-order valence-electron chi connectivity index (χ4n) is 1.46. The van der Waals surface area contributed by atoms with E-state index in [1.807, 2.05) is 26.0 Å². The number of hydrogen-bond donors (Lipinski definition) is 3. The second-order valence-corrected chi connectivity index (χ2v) is 4.09. The Kier molecular flexibility index (Phi) is 5.45. The normalized spacial score (nSPS) is 11.8. The van der Waals surface area contributed by atoms with Crippen molar-refractivity contribution >= 4 is 11.7 Å². The Balaban J connectivity index is 2.64. The van der Waals surface area contributed by atoms with Crippen LogP contribution in [-0.2, 0) is 0 Å². The minimum Gasteiger partial charge on any atom is -0.494 e. The van der Waals surface area contributed by atoms with Gasteiger partial charge in [-0.3, -0.25) is 0 Å². The molecule has 2 amide bonds. The molecule has 1 unspecified atom stereocenters. The van der Waals surface area contributed by atoms with Gasteiger partial charge < -0.3 is 20.5 Å². The quantitative estimate of drug-likeness (QED) is 0.749. The third kappa shape index (κ3) is 4.25. The van der Waals surface area contributed by atoms with Crippen molar-refractivity contribution < 1.29 is 14.6 Å². The van der Waals surface area contributed by atoms with Gasteiger partial charge in [0.25, 0.3) is 0 Å². The summed E-state index contributed by atoms with van der Waals surface area (Å²) < 4.78 is 5.37. The molecule has 1 aromatic rings. The molecule has 5 nitrogen and oxygen atoms in total. The molecule has 0 radical (unpaired) electrons. The number of carbonyl (C=O) groups is 1. The Morgan fingerprint density at radius 1 is 1.50 bits per heavy atom. The van der Waals surface area contributed by atoms with E-state index in [1.54, 1.807) is 13.0 Å². The van der Waals surface area contributed by atoms with Gasteiger partial charge in [0, 0.05) is 5.69 Å². The van der Waals surface area contributed by atoms with Gasteiger partial charge in [-0.1, -0.05) is 0 Å². The monoisotopic (exact) mass is 252 g/mol. The molecule has 0 aliphatic heterocycles. The fourth-order valence-corrected chi connectivity index (χ4v) is 1.46. The van der Waals surface area contributed by atoms with E-state index in [0.29, 0.717) is 6.61 Å². The molecule has 3 N–H and O–H groups in total. The van der Waals surface area contributed by atoms with Crippen molar-refractivity contribution in [2.24, 2.45) is 0 Å². The van der Waals surface area contributed by atoms with Crippen molar-refractivity contribution in [2.75, 3.05) is 18.5 Å². The third-order valence-electron chi connectivity index (χ3n) is 2.41. The molecule has 1 aromatic carbocycles. The van der Waals surface area contributed by atoms with Crippen LogP contribution in [0.25, 0.3) is 0 Å². The number of aliphatic hydroxyl groups excluding tert-OH is 1. The average Bonchev–Trinajstić information content (AvgIpc) is 2.33. The number of anilines is 1. The molecule has 0 aromatic heterocycles. The van der Waals surface area contributed by atoms with Crippen LogP contribution >= 0.6 is 0 Å². The first-order chi connectivity index (χ1) is 8.56. The fraction of sp³-hybridized carbons (Fsp3) is 0.462. The van der Waals surface area contributed by atoms with Gasteiger partial charge in [-0.15, -0.1) is 0 Å². The van der Waals surface area contributed by atoms with Gasteiger partial charge in [0.1, 0.15) is 5.75 Å². The molecule has 100 valence electrons. The van der Waals surface area contributed by atoms with Gasteiger partial charge in [0.2, 0.25) is 0 Å². The standard InChI is InChI=1S/C13H20N2O3/c1-4-18-11-5-6-12(9(2)7-11)15-13(17)14-10(3)8-16/h5-7,10,16H,4,8H2,1-3H3,(H2,14,15,17). The van der Waals surface area contributed by atoms with Crippen LogP contribution in [0.4, 0.5) is 10.5 Å². The molecule has 0 aliphatic rings. The molecular weight excluding hydrogens is 232 g/mol. The molecule has 1 rings (SSSR count). The number of hydrogen-bond acceptors (Lipinski definition) is 3. The van der Waals surface area contributed by atoms with E-state index in [2.05, 4.69) is 10.6 Å². The van der Waals surface area contributed by atoms with E-state index in [4.69, 9.17) is 9.84 Å². The minimum absolute atomic E-state index is 0.0876. The van der Waals surface area contributed by atoms with E-state index >= 15 is 0 Å². The molecule has 18 heavy (non-hydrogen) atoms. The van der Waals surface area contributed by atoms with Gasteiger partial charge >= 0.3 is 6.03 Å². The minimum atomic E-state index is -0.330. The molecular formula is C13H20N2O3. The lowest BCUT2D eigenvalue weighted by Crippen LogP contribution is -2.38. The second-order valence-electron chi connectivity index (χ2n) is 4.09. The molecule has 1 atom stereocenters. The van der Waals surface area contributed by atoms with Crippen LogP contribution in [0.5, 0.6) is 5.75 Å². The molecule has 0 spiro atoms. The van der Waals surface area contributed by atoms with Crippen LogP contribution in [0.15, 0.2) is 18.2 Å². The summed E-state index contributed by atoms with van der Waals surface area (Å²) in [6.45, 7) is 6.07. The zero-order valence-electron chi connectivity index (χ0n) is 11.0. The van der Waals surface area contributed by atoms with Crippen molar-refractivity contribution in [1.29, 1.82) is 0 Å². The van der Waals surface area contributed by atoms with Gasteiger partial charge in [-0.05, 0) is 44.5 Å². The van der Waals surface area contributed by atoms with Crippen molar-refractivity contribution in [1.82, 2.24) is 5.32 Å². The first kappa shape index (κ1) is 14.3. The summed E-state index contributed by atoms with van der Waals surface area (Å²) >= 11 is 0. The van der Waals surface area contributed by atoms with E-state index in [-0.39, 0.29) is 18.7 Å². The highest BCUT2D eigenvalue weighted by Gasteiger charge is 2.08. The maximum Gasteiger partial charge on any atom is 0.319 e. The zero-order chi connectivity index (χ0) is 13.5. The van der Waals surface area contributed by atoms with E-state index in [1.165, 1.54) is 0 Å². The number of ether oxygens (including phenoxy) is 1. The number of carbonyl (C=O) groups excluding carboxylic acids is 1. The van der Waals surface area contributed by atoms with Crippen LogP contribution in [-0.4, -0.2) is 30.4 Å². The van der Waals surface area contributed by atoms with Crippen molar-refractivity contribution in [3.05, 3.63) is 23.8 Å². The number of amides is 2. The highest BCUT2D eigenvalue weighted by atomic mass is 16.5. The van der Waals surface area contributed by atoms with Crippen molar-refractivity contribution in [3.63, 3.8) is 0 Å². The third-order valence-corrected chi connectivity index (χ3v) is 2.41. The maximum atomic E-state index is 11.6. The van der Waals surface area contributed by atoms with Crippen LogP contribution in [0.3, 0.4) is 0 Å². The Morgan fingerprint density at radius 3 is 2.78 bits per heavy atom. The van der Waals surface area contributed by atoms with Crippen LogP contribution in [0.1, 0.15) is 19.4 Å². The number of aryl methyl sites for hydroxylation is 1. The van der Waals surface area contributed by atoms with Crippen LogP contribution in [0, 0.1) is 6.92 Å². The second kappa shape index (κ2) is 6.86. The largest absolute Gasteiger partial charge is 0.494 e. The topological polar surface area (TPSA) is 70.6 Å². The highest BCUT2D eigenvalue weighted by Crippen LogP contribution is 2.21. The summed E-state index contributed by atoms with van der Waals surface area (Å²) in [5.41, 5.74) is 1.65. The summed E-state index contributed by atoms with van der Waals surface area (Å²) in [4.78, 5) is 11.6. The van der Waals surface area contributed by atoms with E-state index in [0.717, 1.165) is 17.0 Å². The number of nitrogens with one attached hydrogen (secondary N) is 2. The molecule has 0 aliphatic carbocycles. The summed E-state index contributed by atoms with van der Waals surface area (Å²) in [5.74, 6) is 0.782. The molecule has 0 saturated heterocycles. The molecule has 5 heteroatoms. The van der Waals surface area contributed by atoms with E-state index < -0.39 is 0 Å². The van der Waals surface area contributed by atoms with Crippen molar-refractivity contribution in [2.45, 2.75) is 26.8 Å². The summed E-state index contributed by atoms with van der Waals surface area (Å²) in [6, 6.07) is 4.87. The number of aliphatic hydroxyl groups is 1. The lowest BCUT2D eigenvalue weighted by atomic mass is 10.2. The predicted molar refractivity (Wildman–Crippen MR) is 71.1 cm³/mol. The van der Waals surface area contributed by atoms with Crippen LogP contribution < -0.4 is 15.4 Å². The smallest absolute Gasteiger partial charge is 0.319 e. The lowest BCUT2D eigenvalue weighted by molar-refractivity contribution is 0.229. The highest BCUT2D eigenvalue weighted by molar-refractivity contribution is 5.90.